The number of aliphatic hydroxyl groups is 1. The van der Waals surface area contributed by atoms with Crippen LogP contribution in [0.15, 0.2) is 84.4 Å². The van der Waals surface area contributed by atoms with Crippen molar-refractivity contribution in [3.63, 3.8) is 0 Å². The topological polar surface area (TPSA) is 60.9 Å². The van der Waals surface area contributed by atoms with Gasteiger partial charge in [-0.05, 0) is 56.2 Å². The molecule has 5 heteroatoms. The molecule has 3 aromatic rings. The van der Waals surface area contributed by atoms with Crippen molar-refractivity contribution in [1.82, 2.24) is 0 Å². The van der Waals surface area contributed by atoms with Crippen molar-refractivity contribution in [1.29, 1.82) is 0 Å². The van der Waals surface area contributed by atoms with E-state index in [1.165, 1.54) is 4.90 Å². The predicted octanol–water partition coefficient (Wildman–Crippen LogP) is 5.47. The molecule has 5 nitrogen and oxygen atoms in total. The number of aryl methyl sites for hydroxylation is 1. The number of hydrogen-bond acceptors (Lipinski definition) is 4. The van der Waals surface area contributed by atoms with E-state index in [0.717, 1.165) is 29.9 Å². The molecule has 3 aromatic carbocycles. The number of amides is 1. The maximum absolute atomic E-state index is 13.3. The van der Waals surface area contributed by atoms with Crippen LogP contribution in [0.3, 0.4) is 0 Å². The quantitative estimate of drug-likeness (QED) is 0.314. The smallest absolute Gasteiger partial charge is 0.300 e. The molecule has 1 unspecified atom stereocenters. The summed E-state index contributed by atoms with van der Waals surface area (Å²) in [5, 5.41) is 11.1. The van der Waals surface area contributed by atoms with E-state index in [4.69, 9.17) is 0 Å². The summed E-state index contributed by atoms with van der Waals surface area (Å²) in [5.74, 6) is -1.49. The number of rotatable bonds is 6. The maximum Gasteiger partial charge on any atom is 0.300 e. The number of carbonyl (C=O) groups is 2. The Labute approximate surface area is 194 Å². The van der Waals surface area contributed by atoms with Crippen LogP contribution in [0.25, 0.3) is 5.76 Å². The van der Waals surface area contributed by atoms with E-state index in [1.54, 1.807) is 24.3 Å². The summed E-state index contributed by atoms with van der Waals surface area (Å²) in [6.07, 6.45) is 0. The summed E-state index contributed by atoms with van der Waals surface area (Å²) < 4.78 is 0. The zero-order chi connectivity index (χ0) is 23.5. The van der Waals surface area contributed by atoms with Gasteiger partial charge in [0.2, 0.25) is 0 Å². The Balaban J connectivity index is 1.89. The maximum atomic E-state index is 13.3. The van der Waals surface area contributed by atoms with E-state index in [0.29, 0.717) is 11.3 Å². The molecule has 1 amide bonds. The minimum absolute atomic E-state index is 0.105. The molecule has 0 bridgehead atoms. The average Bonchev–Trinajstić information content (AvgIpc) is 3.11. The Morgan fingerprint density at radius 3 is 2.09 bits per heavy atom. The molecule has 0 radical (unpaired) electrons. The van der Waals surface area contributed by atoms with E-state index < -0.39 is 17.7 Å². The third-order valence-corrected chi connectivity index (χ3v) is 6.23. The summed E-state index contributed by atoms with van der Waals surface area (Å²) in [6.45, 7) is 7.89. The van der Waals surface area contributed by atoms with Gasteiger partial charge in [-0.2, -0.15) is 0 Å². The van der Waals surface area contributed by atoms with Crippen molar-refractivity contribution in [3.8, 4) is 0 Å². The van der Waals surface area contributed by atoms with Gasteiger partial charge in [0.25, 0.3) is 11.7 Å². The van der Waals surface area contributed by atoms with Crippen LogP contribution in [0, 0.1) is 6.92 Å². The number of anilines is 2. The van der Waals surface area contributed by atoms with Crippen molar-refractivity contribution in [2.24, 2.45) is 0 Å². The summed E-state index contributed by atoms with van der Waals surface area (Å²) in [7, 11) is 0. The molecule has 1 aliphatic heterocycles. The van der Waals surface area contributed by atoms with E-state index in [9.17, 15) is 14.7 Å². The molecule has 1 N–H and O–H groups in total. The molecule has 4 rings (SSSR count). The molecule has 1 atom stereocenters. The molecule has 0 saturated carbocycles. The third kappa shape index (κ3) is 4.02. The van der Waals surface area contributed by atoms with Gasteiger partial charge in [-0.3, -0.25) is 14.5 Å². The Hall–Kier alpha value is -3.86. The highest BCUT2D eigenvalue weighted by Gasteiger charge is 2.47. The summed E-state index contributed by atoms with van der Waals surface area (Å²) in [4.78, 5) is 30.3. The second-order valence-electron chi connectivity index (χ2n) is 8.08. The molecular weight excluding hydrogens is 412 g/mol. The Bertz CT molecular complexity index is 1200. The first-order chi connectivity index (χ1) is 16.0. The van der Waals surface area contributed by atoms with Gasteiger partial charge in [0.15, 0.2) is 0 Å². The van der Waals surface area contributed by atoms with Crippen molar-refractivity contribution in [2.75, 3.05) is 22.9 Å². The Morgan fingerprint density at radius 1 is 0.879 bits per heavy atom. The van der Waals surface area contributed by atoms with Gasteiger partial charge in [-0.15, -0.1) is 0 Å². The van der Waals surface area contributed by atoms with Gasteiger partial charge in [0.1, 0.15) is 5.76 Å². The highest BCUT2D eigenvalue weighted by atomic mass is 16.3. The molecule has 1 aliphatic rings. The Morgan fingerprint density at radius 2 is 1.48 bits per heavy atom. The molecule has 1 heterocycles. The van der Waals surface area contributed by atoms with Crippen LogP contribution in [0.1, 0.15) is 36.6 Å². The fraction of sp³-hybridized carbons (Fsp3) is 0.214. The molecule has 1 saturated heterocycles. The average molecular weight is 441 g/mol. The van der Waals surface area contributed by atoms with Gasteiger partial charge < -0.3 is 10.0 Å². The molecule has 33 heavy (non-hydrogen) atoms. The van der Waals surface area contributed by atoms with Crippen LogP contribution in [0.5, 0.6) is 0 Å². The van der Waals surface area contributed by atoms with Crippen LogP contribution in [0.4, 0.5) is 11.4 Å². The standard InChI is InChI=1S/C28H28N2O3/c1-4-29(5-2)21-15-17-22(18-16-21)30-25(23-14-10-9-11-19(23)3)24(27(32)28(30)33)26(31)20-12-7-6-8-13-20/h6-18,25,31H,4-5H2,1-3H3/b26-24+. The number of aliphatic hydroxyl groups excluding tert-OH is 1. The fourth-order valence-corrected chi connectivity index (χ4v) is 4.45. The van der Waals surface area contributed by atoms with Gasteiger partial charge in [-0.1, -0.05) is 54.6 Å². The summed E-state index contributed by atoms with van der Waals surface area (Å²) >= 11 is 0. The molecule has 0 spiro atoms. The van der Waals surface area contributed by atoms with Crippen LogP contribution < -0.4 is 9.80 Å². The molecule has 0 aromatic heterocycles. The number of benzene rings is 3. The zero-order valence-corrected chi connectivity index (χ0v) is 19.2. The van der Waals surface area contributed by atoms with Crippen molar-refractivity contribution in [2.45, 2.75) is 26.8 Å². The lowest BCUT2D eigenvalue weighted by atomic mass is 9.92. The van der Waals surface area contributed by atoms with Gasteiger partial charge in [0.05, 0.1) is 11.6 Å². The largest absolute Gasteiger partial charge is 0.507 e. The van der Waals surface area contributed by atoms with Crippen LogP contribution in [-0.4, -0.2) is 29.9 Å². The van der Waals surface area contributed by atoms with E-state index in [-0.39, 0.29) is 11.3 Å². The highest BCUT2D eigenvalue weighted by Crippen LogP contribution is 2.43. The first kappa shape index (κ1) is 22.3. The van der Waals surface area contributed by atoms with Crippen molar-refractivity contribution in [3.05, 3.63) is 101 Å². The summed E-state index contributed by atoms with van der Waals surface area (Å²) in [5.41, 5.74) is 4.03. The number of carbonyl (C=O) groups excluding carboxylic acids is 2. The molecule has 0 aliphatic carbocycles. The lowest BCUT2D eigenvalue weighted by Gasteiger charge is -2.27. The first-order valence-electron chi connectivity index (χ1n) is 11.2. The number of nitrogens with zero attached hydrogens (tertiary/aromatic N) is 2. The van der Waals surface area contributed by atoms with Crippen molar-refractivity contribution < 1.29 is 14.7 Å². The predicted molar refractivity (Wildman–Crippen MR) is 132 cm³/mol. The number of ketones is 1. The zero-order valence-electron chi connectivity index (χ0n) is 19.2. The van der Waals surface area contributed by atoms with Gasteiger partial charge >= 0.3 is 0 Å². The minimum atomic E-state index is -0.717. The number of hydrogen-bond donors (Lipinski definition) is 1. The lowest BCUT2D eigenvalue weighted by molar-refractivity contribution is -0.132. The SMILES string of the molecule is CCN(CC)c1ccc(N2C(=O)C(=O)/C(=C(/O)c3ccccc3)C2c2ccccc2C)cc1. The van der Waals surface area contributed by atoms with E-state index >= 15 is 0 Å². The third-order valence-electron chi connectivity index (χ3n) is 6.23. The first-order valence-corrected chi connectivity index (χ1v) is 11.2. The van der Waals surface area contributed by atoms with Gasteiger partial charge in [-0.25, -0.2) is 0 Å². The molecular formula is C28H28N2O3. The molecule has 168 valence electrons. The van der Waals surface area contributed by atoms with Crippen LogP contribution in [-0.2, 0) is 9.59 Å². The van der Waals surface area contributed by atoms with Crippen LogP contribution >= 0.6 is 0 Å². The van der Waals surface area contributed by atoms with E-state index in [2.05, 4.69) is 18.7 Å². The Kier molecular flexibility index (Phi) is 6.31. The second kappa shape index (κ2) is 9.33. The minimum Gasteiger partial charge on any atom is -0.507 e. The lowest BCUT2D eigenvalue weighted by Crippen LogP contribution is -2.30. The van der Waals surface area contributed by atoms with Crippen molar-refractivity contribution >= 4 is 28.8 Å². The number of Topliss-reactive ketones (excluding diaryl/α,β-unsaturated/α-hetero) is 1. The summed E-state index contributed by atoms with van der Waals surface area (Å²) in [6, 6.07) is 23.5. The molecule has 1 fully saturated rings. The van der Waals surface area contributed by atoms with E-state index in [1.807, 2.05) is 61.5 Å². The van der Waals surface area contributed by atoms with Gasteiger partial charge in [0, 0.05) is 30.0 Å². The normalized spacial score (nSPS) is 17.4. The fourth-order valence-electron chi connectivity index (χ4n) is 4.45. The monoisotopic (exact) mass is 440 g/mol. The van der Waals surface area contributed by atoms with Crippen LogP contribution in [0.2, 0.25) is 0 Å². The highest BCUT2D eigenvalue weighted by molar-refractivity contribution is 6.51. The second-order valence-corrected chi connectivity index (χ2v) is 8.08.